The molecule has 5 aliphatic carbocycles. The molecule has 10 atom stereocenters. The minimum absolute atomic E-state index is 0.0325. The van der Waals surface area contributed by atoms with E-state index >= 15 is 0 Å². The van der Waals surface area contributed by atoms with Crippen molar-refractivity contribution in [3.05, 3.63) is 11.6 Å². The fourth-order valence-corrected chi connectivity index (χ4v) is 10.6. The van der Waals surface area contributed by atoms with Gasteiger partial charge in [0, 0.05) is 5.41 Å². The molecule has 0 aromatic rings. The second-order valence-corrected chi connectivity index (χ2v) is 15.0. The molecule has 192 valence electrons. The number of allylic oxidation sites excluding steroid dienone is 2. The van der Waals surface area contributed by atoms with Crippen molar-refractivity contribution in [1.82, 2.24) is 0 Å². The van der Waals surface area contributed by atoms with Crippen LogP contribution in [-0.2, 0) is 4.79 Å². The van der Waals surface area contributed by atoms with Gasteiger partial charge in [0.2, 0.25) is 0 Å². The summed E-state index contributed by atoms with van der Waals surface area (Å²) in [5.41, 5.74) is 0.706. The quantitative estimate of drug-likeness (QED) is 0.397. The van der Waals surface area contributed by atoms with Crippen molar-refractivity contribution in [2.75, 3.05) is 0 Å². The number of carbonyl (C=O) groups is 1. The Bertz CT molecular complexity index is 923. The summed E-state index contributed by atoms with van der Waals surface area (Å²) in [6, 6.07) is 0. The van der Waals surface area contributed by atoms with E-state index in [0.717, 1.165) is 38.5 Å². The predicted molar refractivity (Wildman–Crippen MR) is 134 cm³/mol. The molecule has 5 aliphatic rings. The van der Waals surface area contributed by atoms with Crippen molar-refractivity contribution in [2.45, 2.75) is 118 Å². The SMILES string of the molecule is CC1(C)[C@H]2CC[C@]3(C)[C@H](CC=C4[C@H]5C[C@](C)(C(=O)O)C[C@@H](O)[C@]5(C)CC[C@]43C)[C@@]2(C)CC[C@@H]1O. The van der Waals surface area contributed by atoms with Gasteiger partial charge in [0.1, 0.15) is 0 Å². The van der Waals surface area contributed by atoms with E-state index in [2.05, 4.69) is 47.6 Å². The summed E-state index contributed by atoms with van der Waals surface area (Å²) in [5.74, 6) is 0.463. The smallest absolute Gasteiger partial charge is 0.309 e. The molecule has 0 heterocycles. The number of aliphatic hydroxyl groups excluding tert-OH is 2. The van der Waals surface area contributed by atoms with E-state index in [1.807, 2.05) is 6.92 Å². The molecular weight excluding hydrogens is 424 g/mol. The van der Waals surface area contributed by atoms with E-state index in [1.54, 1.807) is 0 Å². The number of hydrogen-bond donors (Lipinski definition) is 3. The van der Waals surface area contributed by atoms with Crippen LogP contribution in [0.5, 0.6) is 0 Å². The Morgan fingerprint density at radius 1 is 0.824 bits per heavy atom. The van der Waals surface area contributed by atoms with Gasteiger partial charge >= 0.3 is 5.97 Å². The molecule has 0 radical (unpaired) electrons. The molecule has 0 bridgehead atoms. The zero-order chi connectivity index (χ0) is 25.1. The lowest BCUT2D eigenvalue weighted by Gasteiger charge is -2.71. The first kappa shape index (κ1) is 24.8. The third kappa shape index (κ3) is 2.82. The lowest BCUT2D eigenvalue weighted by Crippen LogP contribution is -2.65. The minimum Gasteiger partial charge on any atom is -0.481 e. The summed E-state index contributed by atoms with van der Waals surface area (Å²) in [5, 5.41) is 32.2. The third-order valence-electron chi connectivity index (χ3n) is 13.4. The average molecular weight is 473 g/mol. The molecule has 0 aromatic carbocycles. The van der Waals surface area contributed by atoms with Crippen LogP contribution in [0.4, 0.5) is 0 Å². The number of aliphatic hydroxyl groups is 2. The molecule has 0 amide bonds. The third-order valence-corrected chi connectivity index (χ3v) is 13.4. The Morgan fingerprint density at radius 3 is 2.15 bits per heavy atom. The fraction of sp³-hybridized carbons (Fsp3) is 0.900. The van der Waals surface area contributed by atoms with Crippen molar-refractivity contribution in [3.63, 3.8) is 0 Å². The Kier molecular flexibility index (Phi) is 5.20. The van der Waals surface area contributed by atoms with Crippen molar-refractivity contribution >= 4 is 5.97 Å². The summed E-state index contributed by atoms with van der Waals surface area (Å²) >= 11 is 0. The van der Waals surface area contributed by atoms with Crippen molar-refractivity contribution in [2.24, 2.45) is 50.2 Å². The average Bonchev–Trinajstić information content (AvgIpc) is 2.73. The summed E-state index contributed by atoms with van der Waals surface area (Å²) in [7, 11) is 0. The van der Waals surface area contributed by atoms with Crippen LogP contribution in [0.2, 0.25) is 0 Å². The molecular formula is C30H48O4. The first-order valence-electron chi connectivity index (χ1n) is 13.9. The summed E-state index contributed by atoms with van der Waals surface area (Å²) in [4.78, 5) is 12.3. The zero-order valence-corrected chi connectivity index (χ0v) is 22.6. The Morgan fingerprint density at radius 2 is 1.50 bits per heavy atom. The maximum absolute atomic E-state index is 12.3. The number of carboxylic acids is 1. The number of carboxylic acid groups (broad SMARTS) is 1. The van der Waals surface area contributed by atoms with Crippen LogP contribution in [0.25, 0.3) is 0 Å². The van der Waals surface area contributed by atoms with Gasteiger partial charge < -0.3 is 15.3 Å². The molecule has 3 N–H and O–H groups in total. The van der Waals surface area contributed by atoms with Gasteiger partial charge in [-0.05, 0) is 104 Å². The molecule has 4 fully saturated rings. The van der Waals surface area contributed by atoms with Crippen LogP contribution in [0.1, 0.15) is 106 Å². The first-order chi connectivity index (χ1) is 15.6. The molecule has 0 saturated heterocycles. The summed E-state index contributed by atoms with van der Waals surface area (Å²) in [6.45, 7) is 16.2. The van der Waals surface area contributed by atoms with Gasteiger partial charge in [-0.3, -0.25) is 4.79 Å². The Labute approximate surface area is 206 Å². The maximum Gasteiger partial charge on any atom is 0.309 e. The minimum atomic E-state index is -0.867. The highest BCUT2D eigenvalue weighted by atomic mass is 16.4. The number of fused-ring (bicyclic) bond motifs is 7. The monoisotopic (exact) mass is 472 g/mol. The second kappa shape index (κ2) is 7.12. The normalized spacial score (nSPS) is 56.3. The Balaban J connectivity index is 1.59. The highest BCUT2D eigenvalue weighted by molar-refractivity contribution is 5.74. The van der Waals surface area contributed by atoms with E-state index < -0.39 is 17.5 Å². The van der Waals surface area contributed by atoms with Crippen LogP contribution >= 0.6 is 0 Å². The number of hydrogen-bond acceptors (Lipinski definition) is 3. The Hall–Kier alpha value is -0.870. The van der Waals surface area contributed by atoms with E-state index in [9.17, 15) is 20.1 Å². The lowest BCUT2D eigenvalue weighted by molar-refractivity contribution is -0.208. The molecule has 34 heavy (non-hydrogen) atoms. The zero-order valence-electron chi connectivity index (χ0n) is 22.6. The van der Waals surface area contributed by atoms with E-state index in [-0.39, 0.29) is 39.1 Å². The number of aliphatic carboxylic acids is 1. The van der Waals surface area contributed by atoms with Gasteiger partial charge in [0.15, 0.2) is 0 Å². The van der Waals surface area contributed by atoms with E-state index in [1.165, 1.54) is 12.0 Å². The van der Waals surface area contributed by atoms with Crippen molar-refractivity contribution in [1.29, 1.82) is 0 Å². The molecule has 5 rings (SSSR count). The van der Waals surface area contributed by atoms with E-state index in [4.69, 9.17) is 0 Å². The molecule has 4 saturated carbocycles. The van der Waals surface area contributed by atoms with Crippen LogP contribution in [-0.4, -0.2) is 33.5 Å². The van der Waals surface area contributed by atoms with Crippen LogP contribution in [0, 0.1) is 50.2 Å². The number of rotatable bonds is 1. The largest absolute Gasteiger partial charge is 0.481 e. The van der Waals surface area contributed by atoms with E-state index in [0.29, 0.717) is 24.7 Å². The van der Waals surface area contributed by atoms with Gasteiger partial charge in [0.25, 0.3) is 0 Å². The predicted octanol–water partition coefficient (Wildman–Crippen LogP) is 6.20. The molecule has 4 nitrogen and oxygen atoms in total. The van der Waals surface area contributed by atoms with Gasteiger partial charge in [0.05, 0.1) is 17.6 Å². The molecule has 0 unspecified atom stereocenters. The first-order valence-corrected chi connectivity index (χ1v) is 13.9. The van der Waals surface area contributed by atoms with Gasteiger partial charge in [-0.1, -0.05) is 53.2 Å². The fourth-order valence-electron chi connectivity index (χ4n) is 10.6. The van der Waals surface area contributed by atoms with Crippen molar-refractivity contribution in [3.8, 4) is 0 Å². The molecule has 4 heteroatoms. The van der Waals surface area contributed by atoms with Gasteiger partial charge in [-0.2, -0.15) is 0 Å². The van der Waals surface area contributed by atoms with Crippen molar-refractivity contribution < 1.29 is 20.1 Å². The van der Waals surface area contributed by atoms with Gasteiger partial charge in [-0.15, -0.1) is 0 Å². The molecule has 0 aliphatic heterocycles. The van der Waals surface area contributed by atoms with Crippen LogP contribution in [0.3, 0.4) is 0 Å². The molecule has 0 spiro atoms. The second-order valence-electron chi connectivity index (χ2n) is 15.0. The molecule has 0 aromatic heterocycles. The highest BCUT2D eigenvalue weighted by Crippen LogP contribution is 2.75. The topological polar surface area (TPSA) is 77.8 Å². The standard InChI is InChI=1S/C30H48O4/c1-25(2)20-10-13-30(7)21(28(20,5)12-11-22(25)31)9-8-18-19-16-26(3,24(33)34)17-23(32)27(19,4)14-15-29(18,30)6/h8,19-23,31-32H,9-17H2,1-7H3,(H,33,34)/t19-,20-,21-,22+,23-,26+,27-,28+,29-,30-/m1/s1. The van der Waals surface area contributed by atoms with Crippen LogP contribution in [0.15, 0.2) is 11.6 Å². The lowest BCUT2D eigenvalue weighted by atomic mass is 9.33. The van der Waals surface area contributed by atoms with Gasteiger partial charge in [-0.25, -0.2) is 0 Å². The summed E-state index contributed by atoms with van der Waals surface area (Å²) in [6.07, 6.45) is 10.1. The summed E-state index contributed by atoms with van der Waals surface area (Å²) < 4.78 is 0. The maximum atomic E-state index is 12.3. The van der Waals surface area contributed by atoms with Crippen LogP contribution < -0.4 is 0 Å². The highest BCUT2D eigenvalue weighted by Gasteiger charge is 2.69.